The minimum Gasteiger partial charge on any atom is -0.378 e. The predicted octanol–water partition coefficient (Wildman–Crippen LogP) is 0.751. The monoisotopic (exact) mass is 214 g/mol. The highest BCUT2D eigenvalue weighted by Crippen LogP contribution is 2.16. The molecule has 15 heavy (non-hydrogen) atoms. The Morgan fingerprint density at radius 1 is 1.60 bits per heavy atom. The van der Waals surface area contributed by atoms with E-state index in [0.717, 1.165) is 19.4 Å². The first kappa shape index (κ1) is 12.5. The lowest BCUT2D eigenvalue weighted by molar-refractivity contribution is -0.135. The van der Waals surface area contributed by atoms with Crippen LogP contribution in [0.2, 0.25) is 0 Å². The van der Waals surface area contributed by atoms with Gasteiger partial charge in [0.15, 0.2) is 0 Å². The molecule has 0 spiro atoms. The van der Waals surface area contributed by atoms with E-state index in [0.29, 0.717) is 13.0 Å². The molecule has 0 saturated carbocycles. The number of amides is 1. The van der Waals surface area contributed by atoms with Crippen LogP contribution in [0.15, 0.2) is 0 Å². The summed E-state index contributed by atoms with van der Waals surface area (Å²) in [6.45, 7) is 3.27. The van der Waals surface area contributed by atoms with E-state index in [9.17, 15) is 4.79 Å². The van der Waals surface area contributed by atoms with Crippen LogP contribution in [0.25, 0.3) is 0 Å². The maximum absolute atomic E-state index is 11.8. The number of carbonyl (C=O) groups is 1. The van der Waals surface area contributed by atoms with Gasteiger partial charge in [0.1, 0.15) is 0 Å². The number of likely N-dealkylation sites (N-methyl/N-ethyl adjacent to an activating group) is 1. The molecule has 0 aromatic carbocycles. The first-order valence-electron chi connectivity index (χ1n) is 5.72. The quantitative estimate of drug-likeness (QED) is 0.751. The Morgan fingerprint density at radius 3 is 2.87 bits per heavy atom. The van der Waals surface area contributed by atoms with Crippen molar-refractivity contribution in [1.29, 1.82) is 0 Å². The van der Waals surface area contributed by atoms with Crippen LogP contribution in [0.3, 0.4) is 0 Å². The maximum Gasteiger partial charge on any atom is 0.225 e. The molecule has 2 atom stereocenters. The number of nitrogens with zero attached hydrogens (tertiary/aromatic N) is 1. The van der Waals surface area contributed by atoms with Crippen molar-refractivity contribution >= 4 is 5.91 Å². The van der Waals surface area contributed by atoms with Crippen LogP contribution in [0.5, 0.6) is 0 Å². The largest absolute Gasteiger partial charge is 0.378 e. The van der Waals surface area contributed by atoms with Crippen molar-refractivity contribution in [3.63, 3.8) is 0 Å². The molecule has 1 aliphatic rings. The average molecular weight is 214 g/mol. The molecule has 1 saturated heterocycles. The lowest BCUT2D eigenvalue weighted by Crippen LogP contribution is -2.41. The molecule has 0 radical (unpaired) electrons. The van der Waals surface area contributed by atoms with Crippen molar-refractivity contribution in [3.05, 3.63) is 0 Å². The first-order chi connectivity index (χ1) is 7.15. The zero-order valence-electron chi connectivity index (χ0n) is 9.74. The summed E-state index contributed by atoms with van der Waals surface area (Å²) >= 11 is 0. The Kier molecular flexibility index (Phi) is 5.05. The lowest BCUT2D eigenvalue weighted by atomic mass is 10.1. The van der Waals surface area contributed by atoms with Gasteiger partial charge in [-0.05, 0) is 26.2 Å². The number of ether oxygens (including phenoxy) is 1. The summed E-state index contributed by atoms with van der Waals surface area (Å²) in [4.78, 5) is 13.5. The zero-order chi connectivity index (χ0) is 11.3. The van der Waals surface area contributed by atoms with E-state index in [2.05, 4.69) is 0 Å². The molecule has 1 heterocycles. The van der Waals surface area contributed by atoms with E-state index >= 15 is 0 Å². The van der Waals surface area contributed by atoms with Crippen molar-refractivity contribution < 1.29 is 9.53 Å². The topological polar surface area (TPSA) is 55.6 Å². The van der Waals surface area contributed by atoms with E-state index in [4.69, 9.17) is 10.5 Å². The van der Waals surface area contributed by atoms with Gasteiger partial charge in [0, 0.05) is 26.2 Å². The fourth-order valence-corrected chi connectivity index (χ4v) is 1.71. The molecular weight excluding hydrogens is 192 g/mol. The molecule has 88 valence electrons. The van der Waals surface area contributed by atoms with Crippen LogP contribution in [-0.2, 0) is 9.53 Å². The molecule has 1 fully saturated rings. The van der Waals surface area contributed by atoms with Crippen LogP contribution in [0.1, 0.15) is 32.6 Å². The van der Waals surface area contributed by atoms with Gasteiger partial charge in [0.05, 0.1) is 12.5 Å². The molecule has 1 rings (SSSR count). The van der Waals surface area contributed by atoms with E-state index in [1.165, 1.54) is 6.42 Å². The van der Waals surface area contributed by atoms with E-state index in [-0.39, 0.29) is 18.1 Å². The van der Waals surface area contributed by atoms with Gasteiger partial charge in [0.2, 0.25) is 5.91 Å². The number of carbonyl (C=O) groups excluding carboxylic acids is 1. The van der Waals surface area contributed by atoms with Crippen molar-refractivity contribution in [2.24, 2.45) is 5.73 Å². The van der Waals surface area contributed by atoms with Crippen LogP contribution in [0, 0.1) is 0 Å². The SMILES string of the molecule is CC(CN)N(C)C(=O)CC1CCCCO1. The Morgan fingerprint density at radius 2 is 2.33 bits per heavy atom. The summed E-state index contributed by atoms with van der Waals surface area (Å²) in [5.41, 5.74) is 5.52. The minimum absolute atomic E-state index is 0.112. The molecule has 0 aromatic rings. The van der Waals surface area contributed by atoms with Gasteiger partial charge in [-0.2, -0.15) is 0 Å². The average Bonchev–Trinajstić information content (AvgIpc) is 2.28. The molecule has 2 N–H and O–H groups in total. The van der Waals surface area contributed by atoms with Crippen molar-refractivity contribution in [1.82, 2.24) is 4.90 Å². The van der Waals surface area contributed by atoms with Gasteiger partial charge in [-0.15, -0.1) is 0 Å². The second kappa shape index (κ2) is 6.08. The highest BCUT2D eigenvalue weighted by atomic mass is 16.5. The third kappa shape index (κ3) is 3.80. The summed E-state index contributed by atoms with van der Waals surface area (Å²) in [6, 6.07) is 0.112. The molecule has 1 aliphatic heterocycles. The van der Waals surface area contributed by atoms with Gasteiger partial charge < -0.3 is 15.4 Å². The summed E-state index contributed by atoms with van der Waals surface area (Å²) in [5.74, 6) is 0.139. The van der Waals surface area contributed by atoms with Crippen LogP contribution >= 0.6 is 0 Å². The number of nitrogens with two attached hydrogens (primary N) is 1. The normalized spacial score (nSPS) is 23.5. The molecule has 1 amide bonds. The van der Waals surface area contributed by atoms with Gasteiger partial charge in [-0.25, -0.2) is 0 Å². The minimum atomic E-state index is 0.112. The number of hydrogen-bond acceptors (Lipinski definition) is 3. The molecular formula is C11H22N2O2. The molecule has 4 heteroatoms. The zero-order valence-corrected chi connectivity index (χ0v) is 9.74. The predicted molar refractivity (Wildman–Crippen MR) is 59.5 cm³/mol. The molecule has 0 aromatic heterocycles. The maximum atomic E-state index is 11.8. The first-order valence-corrected chi connectivity index (χ1v) is 5.72. The van der Waals surface area contributed by atoms with Crippen molar-refractivity contribution in [2.75, 3.05) is 20.2 Å². The number of rotatable bonds is 4. The molecule has 0 bridgehead atoms. The van der Waals surface area contributed by atoms with Gasteiger partial charge in [-0.3, -0.25) is 4.79 Å². The summed E-state index contributed by atoms with van der Waals surface area (Å²) in [6.07, 6.45) is 3.93. The fraction of sp³-hybridized carbons (Fsp3) is 0.909. The van der Waals surface area contributed by atoms with Gasteiger partial charge in [0.25, 0.3) is 0 Å². The van der Waals surface area contributed by atoms with Gasteiger partial charge >= 0.3 is 0 Å². The highest BCUT2D eigenvalue weighted by Gasteiger charge is 2.21. The second-order valence-corrected chi connectivity index (χ2v) is 4.28. The fourth-order valence-electron chi connectivity index (χ4n) is 1.71. The summed E-state index contributed by atoms with van der Waals surface area (Å²) in [7, 11) is 1.81. The van der Waals surface area contributed by atoms with Crippen molar-refractivity contribution in [3.8, 4) is 0 Å². The van der Waals surface area contributed by atoms with Crippen LogP contribution in [0.4, 0.5) is 0 Å². The van der Waals surface area contributed by atoms with Gasteiger partial charge in [-0.1, -0.05) is 0 Å². The third-order valence-corrected chi connectivity index (χ3v) is 3.07. The summed E-state index contributed by atoms with van der Waals surface area (Å²) < 4.78 is 5.53. The third-order valence-electron chi connectivity index (χ3n) is 3.07. The Labute approximate surface area is 91.8 Å². The smallest absolute Gasteiger partial charge is 0.225 e. The van der Waals surface area contributed by atoms with Crippen LogP contribution in [-0.4, -0.2) is 43.2 Å². The Balaban J connectivity index is 2.33. The Bertz CT molecular complexity index is 203. The van der Waals surface area contributed by atoms with E-state index < -0.39 is 0 Å². The standard InChI is InChI=1S/C11H22N2O2/c1-9(8-12)13(2)11(14)7-10-5-3-4-6-15-10/h9-10H,3-8,12H2,1-2H3. The number of hydrogen-bond donors (Lipinski definition) is 1. The summed E-state index contributed by atoms with van der Waals surface area (Å²) in [5, 5.41) is 0. The Hall–Kier alpha value is -0.610. The molecule has 4 nitrogen and oxygen atoms in total. The van der Waals surface area contributed by atoms with Crippen LogP contribution < -0.4 is 5.73 Å². The molecule has 2 unspecified atom stereocenters. The van der Waals surface area contributed by atoms with Crippen molar-refractivity contribution in [2.45, 2.75) is 44.8 Å². The highest BCUT2D eigenvalue weighted by molar-refractivity contribution is 5.76. The second-order valence-electron chi connectivity index (χ2n) is 4.28. The van der Waals surface area contributed by atoms with E-state index in [1.807, 2.05) is 14.0 Å². The van der Waals surface area contributed by atoms with E-state index in [1.54, 1.807) is 4.90 Å². The lowest BCUT2D eigenvalue weighted by Gasteiger charge is -2.27. The molecule has 0 aliphatic carbocycles.